The first-order valence-electron chi connectivity index (χ1n) is 7.65. The molecule has 0 radical (unpaired) electrons. The Balaban J connectivity index is 1.84. The largest absolute Gasteiger partial charge is 0.375 e. The summed E-state index contributed by atoms with van der Waals surface area (Å²) >= 11 is 0. The van der Waals surface area contributed by atoms with Crippen LogP contribution in [0.2, 0.25) is 0 Å². The number of carbonyl (C=O) groups excluding carboxylic acids is 1. The Kier molecular flexibility index (Phi) is 4.10. The van der Waals surface area contributed by atoms with Gasteiger partial charge in [0.2, 0.25) is 5.91 Å². The van der Waals surface area contributed by atoms with Crippen LogP contribution in [0, 0.1) is 12.8 Å². The molecule has 1 amide bonds. The molecule has 5 nitrogen and oxygen atoms in total. The van der Waals surface area contributed by atoms with Crippen molar-refractivity contribution in [1.82, 2.24) is 9.88 Å². The Morgan fingerprint density at radius 2 is 2.19 bits per heavy atom. The molecule has 0 unspecified atom stereocenters. The van der Waals surface area contributed by atoms with Crippen LogP contribution in [-0.2, 0) is 16.1 Å². The lowest BCUT2D eigenvalue weighted by atomic mass is 10.2. The second-order valence-corrected chi connectivity index (χ2v) is 6.07. The molecule has 2 aliphatic rings. The number of aromatic nitrogens is 1. The number of ether oxygens (including phenoxy) is 1. The van der Waals surface area contributed by atoms with Crippen molar-refractivity contribution in [2.75, 3.05) is 38.3 Å². The van der Waals surface area contributed by atoms with Crippen molar-refractivity contribution in [2.24, 2.45) is 5.92 Å². The lowest BCUT2D eigenvalue weighted by Gasteiger charge is -2.24. The third-order valence-electron chi connectivity index (χ3n) is 4.19. The number of carbonyl (C=O) groups is 1. The fourth-order valence-corrected chi connectivity index (χ4v) is 2.82. The highest BCUT2D eigenvalue weighted by Crippen LogP contribution is 2.33. The Morgan fingerprint density at radius 3 is 2.90 bits per heavy atom. The molecule has 114 valence electrons. The van der Waals surface area contributed by atoms with E-state index in [0.717, 1.165) is 42.6 Å². The zero-order chi connectivity index (χ0) is 14.8. The topological polar surface area (TPSA) is 45.7 Å². The van der Waals surface area contributed by atoms with Gasteiger partial charge in [0, 0.05) is 44.5 Å². The second-order valence-electron chi connectivity index (χ2n) is 6.07. The summed E-state index contributed by atoms with van der Waals surface area (Å²) in [5.41, 5.74) is 2.18. The first-order valence-corrected chi connectivity index (χ1v) is 7.65. The van der Waals surface area contributed by atoms with Crippen molar-refractivity contribution in [3.8, 4) is 0 Å². The third kappa shape index (κ3) is 3.35. The van der Waals surface area contributed by atoms with E-state index in [1.165, 1.54) is 12.8 Å². The van der Waals surface area contributed by atoms with Gasteiger partial charge >= 0.3 is 0 Å². The van der Waals surface area contributed by atoms with Crippen LogP contribution < -0.4 is 4.90 Å². The predicted octanol–water partition coefficient (Wildman–Crippen LogP) is 1.60. The van der Waals surface area contributed by atoms with Crippen molar-refractivity contribution in [1.29, 1.82) is 0 Å². The lowest BCUT2D eigenvalue weighted by molar-refractivity contribution is -0.135. The molecule has 3 rings (SSSR count). The van der Waals surface area contributed by atoms with Gasteiger partial charge in [0.15, 0.2) is 0 Å². The molecular weight excluding hydrogens is 266 g/mol. The molecule has 0 spiro atoms. The zero-order valence-electron chi connectivity index (χ0n) is 12.8. The van der Waals surface area contributed by atoms with E-state index in [4.69, 9.17) is 9.72 Å². The number of aryl methyl sites for hydroxylation is 1. The SMILES string of the molecule is COCC(=O)N1CCN(CC2CC2)c2nc(C)ccc2C1. The Bertz CT molecular complexity index is 528. The first-order chi connectivity index (χ1) is 10.2. The second kappa shape index (κ2) is 6.02. The minimum absolute atomic E-state index is 0.0531. The summed E-state index contributed by atoms with van der Waals surface area (Å²) in [4.78, 5) is 21.1. The Hall–Kier alpha value is -1.62. The number of hydrogen-bond donors (Lipinski definition) is 0. The van der Waals surface area contributed by atoms with E-state index >= 15 is 0 Å². The molecule has 1 aromatic rings. The number of amides is 1. The van der Waals surface area contributed by atoms with E-state index in [1.807, 2.05) is 17.9 Å². The molecule has 1 saturated carbocycles. The summed E-state index contributed by atoms with van der Waals surface area (Å²) < 4.78 is 4.99. The van der Waals surface area contributed by atoms with Gasteiger partial charge in [-0.15, -0.1) is 0 Å². The first kappa shape index (κ1) is 14.3. The van der Waals surface area contributed by atoms with Crippen molar-refractivity contribution >= 4 is 11.7 Å². The Morgan fingerprint density at radius 1 is 1.38 bits per heavy atom. The fourth-order valence-electron chi connectivity index (χ4n) is 2.82. The molecule has 1 aliphatic heterocycles. The molecule has 0 bridgehead atoms. The number of nitrogens with zero attached hydrogens (tertiary/aromatic N) is 3. The highest BCUT2D eigenvalue weighted by atomic mass is 16.5. The van der Waals surface area contributed by atoms with Gasteiger partial charge in [-0.25, -0.2) is 4.98 Å². The maximum atomic E-state index is 12.1. The van der Waals surface area contributed by atoms with E-state index in [1.54, 1.807) is 7.11 Å². The summed E-state index contributed by atoms with van der Waals surface area (Å²) in [6.45, 7) is 5.47. The molecule has 2 heterocycles. The molecule has 1 aromatic heterocycles. The average molecular weight is 289 g/mol. The molecular formula is C16H23N3O2. The lowest BCUT2D eigenvalue weighted by Crippen LogP contribution is -2.37. The number of fused-ring (bicyclic) bond motifs is 1. The number of pyridine rings is 1. The highest BCUT2D eigenvalue weighted by Gasteiger charge is 2.29. The normalized spacial score (nSPS) is 18.4. The minimum atomic E-state index is 0.0531. The fraction of sp³-hybridized carbons (Fsp3) is 0.625. The molecule has 1 fully saturated rings. The van der Waals surface area contributed by atoms with Gasteiger partial charge in [0.25, 0.3) is 0 Å². The number of anilines is 1. The van der Waals surface area contributed by atoms with Crippen LogP contribution in [0.25, 0.3) is 0 Å². The van der Waals surface area contributed by atoms with Gasteiger partial charge in [-0.05, 0) is 31.7 Å². The van der Waals surface area contributed by atoms with Crippen LogP contribution in [-0.4, -0.2) is 49.1 Å². The summed E-state index contributed by atoms with van der Waals surface area (Å²) in [6.07, 6.45) is 2.65. The van der Waals surface area contributed by atoms with Crippen molar-refractivity contribution in [3.05, 3.63) is 23.4 Å². The average Bonchev–Trinajstić information content (AvgIpc) is 3.28. The van der Waals surface area contributed by atoms with E-state index in [-0.39, 0.29) is 12.5 Å². The monoisotopic (exact) mass is 289 g/mol. The summed E-state index contributed by atoms with van der Waals surface area (Å²) in [5.74, 6) is 1.92. The smallest absolute Gasteiger partial charge is 0.248 e. The van der Waals surface area contributed by atoms with Crippen LogP contribution in [0.15, 0.2) is 12.1 Å². The third-order valence-corrected chi connectivity index (χ3v) is 4.19. The molecule has 5 heteroatoms. The summed E-state index contributed by atoms with van der Waals surface area (Å²) in [7, 11) is 1.56. The maximum Gasteiger partial charge on any atom is 0.248 e. The van der Waals surface area contributed by atoms with E-state index < -0.39 is 0 Å². The molecule has 0 aromatic carbocycles. The van der Waals surface area contributed by atoms with E-state index in [9.17, 15) is 4.79 Å². The molecule has 21 heavy (non-hydrogen) atoms. The molecule has 0 saturated heterocycles. The quantitative estimate of drug-likeness (QED) is 0.844. The van der Waals surface area contributed by atoms with Gasteiger partial charge in [0.1, 0.15) is 12.4 Å². The van der Waals surface area contributed by atoms with Gasteiger partial charge in [0.05, 0.1) is 0 Å². The molecule has 1 aliphatic carbocycles. The van der Waals surface area contributed by atoms with Crippen LogP contribution in [0.3, 0.4) is 0 Å². The van der Waals surface area contributed by atoms with Crippen molar-refractivity contribution in [2.45, 2.75) is 26.3 Å². The van der Waals surface area contributed by atoms with Crippen molar-refractivity contribution < 1.29 is 9.53 Å². The highest BCUT2D eigenvalue weighted by molar-refractivity contribution is 5.78. The number of rotatable bonds is 4. The predicted molar refractivity (Wildman–Crippen MR) is 81.2 cm³/mol. The molecule has 0 N–H and O–H groups in total. The van der Waals surface area contributed by atoms with Gasteiger partial charge in [-0.1, -0.05) is 6.07 Å². The van der Waals surface area contributed by atoms with Crippen LogP contribution in [0.5, 0.6) is 0 Å². The Labute approximate surface area is 125 Å². The zero-order valence-corrected chi connectivity index (χ0v) is 12.8. The summed E-state index contributed by atoms with van der Waals surface area (Å²) in [5, 5.41) is 0. The van der Waals surface area contributed by atoms with Gasteiger partial charge < -0.3 is 14.5 Å². The van der Waals surface area contributed by atoms with Crippen LogP contribution in [0.1, 0.15) is 24.1 Å². The molecule has 0 atom stereocenters. The maximum absolute atomic E-state index is 12.1. The van der Waals surface area contributed by atoms with Gasteiger partial charge in [-0.2, -0.15) is 0 Å². The number of hydrogen-bond acceptors (Lipinski definition) is 4. The summed E-state index contributed by atoms with van der Waals surface area (Å²) in [6, 6.07) is 4.13. The van der Waals surface area contributed by atoms with Gasteiger partial charge in [-0.3, -0.25) is 4.79 Å². The van der Waals surface area contributed by atoms with Crippen LogP contribution in [0.4, 0.5) is 5.82 Å². The number of methoxy groups -OCH3 is 1. The van der Waals surface area contributed by atoms with E-state index in [2.05, 4.69) is 11.0 Å². The van der Waals surface area contributed by atoms with Crippen molar-refractivity contribution in [3.63, 3.8) is 0 Å². The minimum Gasteiger partial charge on any atom is -0.375 e. The standard InChI is InChI=1S/C16H23N3O2/c1-12-3-6-14-10-18(15(20)11-21-2)7-8-19(16(14)17-12)9-13-4-5-13/h3,6,13H,4-5,7-11H2,1-2H3. The van der Waals surface area contributed by atoms with E-state index in [0.29, 0.717) is 6.54 Å². The van der Waals surface area contributed by atoms with Crippen LogP contribution >= 0.6 is 0 Å².